The molecular formula is C16H19ClN2O2. The zero-order valence-corrected chi connectivity index (χ0v) is 12.6. The van der Waals surface area contributed by atoms with Crippen LogP contribution in [0.1, 0.15) is 31.2 Å². The van der Waals surface area contributed by atoms with E-state index < -0.39 is 0 Å². The number of nitrogens with zero attached hydrogens (tertiary/aromatic N) is 1. The van der Waals surface area contributed by atoms with Crippen molar-refractivity contribution in [3.05, 3.63) is 34.9 Å². The third-order valence-corrected chi connectivity index (χ3v) is 4.96. The molecule has 1 saturated carbocycles. The predicted octanol–water partition coefficient (Wildman–Crippen LogP) is 2.10. The Balaban J connectivity index is 1.73. The highest BCUT2D eigenvalue weighted by Crippen LogP contribution is 2.50. The Bertz CT molecular complexity index is 575. The van der Waals surface area contributed by atoms with Gasteiger partial charge >= 0.3 is 0 Å². The number of hydrogen-bond donors (Lipinski definition) is 1. The summed E-state index contributed by atoms with van der Waals surface area (Å²) in [6.07, 6.45) is 3.10. The van der Waals surface area contributed by atoms with Crippen molar-refractivity contribution in [2.75, 3.05) is 13.1 Å². The van der Waals surface area contributed by atoms with Gasteiger partial charge in [-0.05, 0) is 43.4 Å². The number of amides is 2. The maximum absolute atomic E-state index is 12.8. The van der Waals surface area contributed by atoms with Gasteiger partial charge in [0.1, 0.15) is 0 Å². The molecule has 4 nitrogen and oxygen atoms in total. The molecule has 1 aliphatic carbocycles. The normalized spacial score (nSPS) is 21.1. The maximum atomic E-state index is 12.8. The summed E-state index contributed by atoms with van der Waals surface area (Å²) in [6.45, 7) is 1.24. The molecule has 5 heteroatoms. The first-order valence-electron chi connectivity index (χ1n) is 7.38. The van der Waals surface area contributed by atoms with Crippen molar-refractivity contribution in [2.24, 2.45) is 11.7 Å². The van der Waals surface area contributed by atoms with E-state index in [0.29, 0.717) is 31.0 Å². The number of hydrogen-bond acceptors (Lipinski definition) is 2. The summed E-state index contributed by atoms with van der Waals surface area (Å²) in [4.78, 5) is 25.9. The van der Waals surface area contributed by atoms with Crippen molar-refractivity contribution in [1.82, 2.24) is 4.90 Å². The van der Waals surface area contributed by atoms with Gasteiger partial charge in [0.2, 0.25) is 11.8 Å². The third-order valence-electron chi connectivity index (χ3n) is 4.72. The topological polar surface area (TPSA) is 63.4 Å². The number of primary amides is 1. The van der Waals surface area contributed by atoms with E-state index in [1.165, 1.54) is 0 Å². The quantitative estimate of drug-likeness (QED) is 0.929. The molecule has 2 fully saturated rings. The minimum absolute atomic E-state index is 0.0876. The SMILES string of the molecule is NC(=O)C1CCN(C(=O)C2(c3cccc(Cl)c3)CC2)CC1. The molecule has 0 radical (unpaired) electrons. The second kappa shape index (κ2) is 5.34. The van der Waals surface area contributed by atoms with Crippen molar-refractivity contribution in [1.29, 1.82) is 0 Å². The number of carbonyl (C=O) groups excluding carboxylic acids is 2. The Morgan fingerprint density at radius 1 is 1.24 bits per heavy atom. The zero-order chi connectivity index (χ0) is 15.0. The average molecular weight is 307 g/mol. The van der Waals surface area contributed by atoms with Crippen LogP contribution in [0.25, 0.3) is 0 Å². The first-order valence-corrected chi connectivity index (χ1v) is 7.75. The Kier molecular flexibility index (Phi) is 3.66. The molecule has 1 aromatic rings. The fourth-order valence-corrected chi connectivity index (χ4v) is 3.40. The monoisotopic (exact) mass is 306 g/mol. The lowest BCUT2D eigenvalue weighted by molar-refractivity contribution is -0.137. The van der Waals surface area contributed by atoms with Crippen LogP contribution in [0.15, 0.2) is 24.3 Å². The summed E-state index contributed by atoms with van der Waals surface area (Å²) in [6, 6.07) is 7.59. The van der Waals surface area contributed by atoms with E-state index in [0.717, 1.165) is 18.4 Å². The van der Waals surface area contributed by atoms with Gasteiger partial charge in [-0.3, -0.25) is 9.59 Å². The molecule has 0 atom stereocenters. The van der Waals surface area contributed by atoms with Gasteiger partial charge in [-0.1, -0.05) is 23.7 Å². The van der Waals surface area contributed by atoms with Crippen LogP contribution in [0.4, 0.5) is 0 Å². The second-order valence-corrected chi connectivity index (χ2v) is 6.50. The number of piperidine rings is 1. The van der Waals surface area contributed by atoms with Crippen LogP contribution in [0, 0.1) is 5.92 Å². The Labute approximate surface area is 129 Å². The minimum Gasteiger partial charge on any atom is -0.369 e. The average Bonchev–Trinajstić information content (AvgIpc) is 3.28. The van der Waals surface area contributed by atoms with E-state index in [2.05, 4.69) is 0 Å². The number of likely N-dealkylation sites (tertiary alicyclic amines) is 1. The van der Waals surface area contributed by atoms with Crippen LogP contribution in [0.2, 0.25) is 5.02 Å². The van der Waals surface area contributed by atoms with Gasteiger partial charge in [0.15, 0.2) is 0 Å². The lowest BCUT2D eigenvalue weighted by Gasteiger charge is -2.33. The molecule has 0 bridgehead atoms. The predicted molar refractivity (Wildman–Crippen MR) is 80.9 cm³/mol. The minimum atomic E-state index is -0.384. The van der Waals surface area contributed by atoms with Gasteiger partial charge in [-0.2, -0.15) is 0 Å². The van der Waals surface area contributed by atoms with Crippen molar-refractivity contribution >= 4 is 23.4 Å². The lowest BCUT2D eigenvalue weighted by Crippen LogP contribution is -2.45. The summed E-state index contributed by atoms with van der Waals surface area (Å²) in [5.41, 5.74) is 5.96. The molecule has 2 N–H and O–H groups in total. The molecule has 1 aromatic carbocycles. The number of nitrogens with two attached hydrogens (primary N) is 1. The van der Waals surface area contributed by atoms with Gasteiger partial charge < -0.3 is 10.6 Å². The molecule has 1 heterocycles. The highest BCUT2D eigenvalue weighted by molar-refractivity contribution is 6.30. The fourth-order valence-electron chi connectivity index (χ4n) is 3.21. The molecule has 0 unspecified atom stereocenters. The summed E-state index contributed by atoms with van der Waals surface area (Å²) >= 11 is 6.05. The molecular weight excluding hydrogens is 288 g/mol. The lowest BCUT2D eigenvalue weighted by atomic mass is 9.91. The van der Waals surface area contributed by atoms with E-state index >= 15 is 0 Å². The van der Waals surface area contributed by atoms with E-state index in [4.69, 9.17) is 17.3 Å². The Hall–Kier alpha value is -1.55. The largest absolute Gasteiger partial charge is 0.369 e. The van der Waals surface area contributed by atoms with Crippen LogP contribution in [0.3, 0.4) is 0 Å². The van der Waals surface area contributed by atoms with Gasteiger partial charge in [-0.25, -0.2) is 0 Å². The van der Waals surface area contributed by atoms with Gasteiger partial charge in [0.25, 0.3) is 0 Å². The van der Waals surface area contributed by atoms with E-state index in [1.54, 1.807) is 0 Å². The first-order chi connectivity index (χ1) is 10.0. The van der Waals surface area contributed by atoms with Crippen LogP contribution >= 0.6 is 11.6 Å². The van der Waals surface area contributed by atoms with Crippen LogP contribution < -0.4 is 5.73 Å². The second-order valence-electron chi connectivity index (χ2n) is 6.06. The molecule has 0 spiro atoms. The number of carbonyl (C=O) groups is 2. The summed E-state index contributed by atoms with van der Waals surface area (Å²) in [5.74, 6) is -0.166. The van der Waals surface area contributed by atoms with Gasteiger partial charge in [-0.15, -0.1) is 0 Å². The molecule has 2 aliphatic rings. The first kappa shape index (κ1) is 14.4. The Morgan fingerprint density at radius 2 is 1.90 bits per heavy atom. The smallest absolute Gasteiger partial charge is 0.233 e. The van der Waals surface area contributed by atoms with E-state index in [1.807, 2.05) is 29.2 Å². The fraction of sp³-hybridized carbons (Fsp3) is 0.500. The molecule has 1 saturated heterocycles. The standard InChI is InChI=1S/C16H19ClN2O2/c17-13-3-1-2-12(10-13)16(6-7-16)15(21)19-8-4-11(5-9-19)14(18)20/h1-3,10-11H,4-9H2,(H2,18,20). The van der Waals surface area contributed by atoms with E-state index in [9.17, 15) is 9.59 Å². The molecule has 21 heavy (non-hydrogen) atoms. The molecule has 1 aliphatic heterocycles. The van der Waals surface area contributed by atoms with Crippen LogP contribution in [-0.2, 0) is 15.0 Å². The van der Waals surface area contributed by atoms with Crippen molar-refractivity contribution in [3.8, 4) is 0 Å². The number of halogens is 1. The molecule has 3 rings (SSSR count). The Morgan fingerprint density at radius 3 is 2.43 bits per heavy atom. The summed E-state index contributed by atoms with van der Waals surface area (Å²) < 4.78 is 0. The van der Waals surface area contributed by atoms with Crippen LogP contribution in [-0.4, -0.2) is 29.8 Å². The van der Waals surface area contributed by atoms with Gasteiger partial charge in [0.05, 0.1) is 5.41 Å². The molecule has 112 valence electrons. The van der Waals surface area contributed by atoms with Crippen molar-refractivity contribution in [2.45, 2.75) is 31.1 Å². The number of rotatable bonds is 3. The van der Waals surface area contributed by atoms with Gasteiger partial charge in [0, 0.05) is 24.0 Å². The summed E-state index contributed by atoms with van der Waals surface area (Å²) in [5, 5.41) is 0.666. The van der Waals surface area contributed by atoms with Crippen molar-refractivity contribution < 1.29 is 9.59 Å². The highest BCUT2D eigenvalue weighted by atomic mass is 35.5. The van der Waals surface area contributed by atoms with E-state index in [-0.39, 0.29) is 23.1 Å². The number of benzene rings is 1. The zero-order valence-electron chi connectivity index (χ0n) is 11.8. The molecule has 0 aromatic heterocycles. The third kappa shape index (κ3) is 2.64. The van der Waals surface area contributed by atoms with Crippen molar-refractivity contribution in [3.63, 3.8) is 0 Å². The maximum Gasteiger partial charge on any atom is 0.233 e. The summed E-state index contributed by atoms with van der Waals surface area (Å²) in [7, 11) is 0. The van der Waals surface area contributed by atoms with Crippen LogP contribution in [0.5, 0.6) is 0 Å². The molecule has 2 amide bonds. The highest BCUT2D eigenvalue weighted by Gasteiger charge is 2.53.